The highest BCUT2D eigenvalue weighted by Crippen LogP contribution is 2.20. The van der Waals surface area contributed by atoms with Crippen molar-refractivity contribution in [3.63, 3.8) is 0 Å². The van der Waals surface area contributed by atoms with Gasteiger partial charge in [-0.25, -0.2) is 9.59 Å². The summed E-state index contributed by atoms with van der Waals surface area (Å²) in [5.74, 6) is -1.27. The summed E-state index contributed by atoms with van der Waals surface area (Å²) in [5, 5.41) is 9.08. The second-order valence-corrected chi connectivity index (χ2v) is 7.86. The van der Waals surface area contributed by atoms with Gasteiger partial charge in [0.25, 0.3) is 0 Å². The molecule has 0 heterocycles. The summed E-state index contributed by atoms with van der Waals surface area (Å²) >= 11 is 0. The van der Waals surface area contributed by atoms with Crippen LogP contribution in [0.25, 0.3) is 6.08 Å². The van der Waals surface area contributed by atoms with Crippen molar-refractivity contribution < 1.29 is 28.6 Å². The molecule has 0 aliphatic carbocycles. The first-order valence-electron chi connectivity index (χ1n) is 9.99. The molecule has 31 heavy (non-hydrogen) atoms. The first-order chi connectivity index (χ1) is 14.5. The van der Waals surface area contributed by atoms with Gasteiger partial charge < -0.3 is 14.2 Å². The van der Waals surface area contributed by atoms with Gasteiger partial charge in [-0.2, -0.15) is 5.26 Å². The molecule has 1 aromatic carbocycles. The maximum absolute atomic E-state index is 12.7. The van der Waals surface area contributed by atoms with E-state index >= 15 is 0 Å². The number of ether oxygens (including phenoxy) is 3. The molecule has 0 radical (unpaired) electrons. The second-order valence-electron chi connectivity index (χ2n) is 7.86. The Morgan fingerprint density at radius 2 is 1.81 bits per heavy atom. The van der Waals surface area contributed by atoms with Gasteiger partial charge in [-0.15, -0.1) is 0 Å². The molecule has 0 bridgehead atoms. The number of carbonyl (C=O) groups excluding carboxylic acids is 3. The number of nitriles is 1. The zero-order valence-electron chi connectivity index (χ0n) is 18.9. The molecule has 8 heteroatoms. The molecule has 0 fully saturated rings. The van der Waals surface area contributed by atoms with Gasteiger partial charge in [-0.3, -0.25) is 9.69 Å². The monoisotopic (exact) mass is 430 g/mol. The molecule has 0 aliphatic heterocycles. The fraction of sp³-hybridized carbons (Fsp3) is 0.478. The average Bonchev–Trinajstić information content (AvgIpc) is 2.72. The smallest absolute Gasteiger partial charge is 0.414 e. The molecule has 1 unspecified atom stereocenters. The molecule has 0 N–H and O–H groups in total. The maximum Gasteiger partial charge on any atom is 0.414 e. The third kappa shape index (κ3) is 8.51. The molecule has 0 spiro atoms. The van der Waals surface area contributed by atoms with E-state index in [0.29, 0.717) is 17.7 Å². The number of rotatable bonds is 8. The topological polar surface area (TPSA) is 106 Å². The van der Waals surface area contributed by atoms with Crippen molar-refractivity contribution in [2.45, 2.75) is 46.6 Å². The van der Waals surface area contributed by atoms with Gasteiger partial charge in [0.05, 0.1) is 19.6 Å². The molecule has 0 aromatic heterocycles. The fourth-order valence-corrected chi connectivity index (χ4v) is 2.35. The standard InChI is InChI=1S/C23H30N2O6/c1-7-16(2)20(26)30-13-12-25(22(28)31-23(3,4)5)19-10-8-17(9-11-19)14-18(15-24)21(27)29-6/h8-11,14,16H,7,12-13H2,1-6H3/b18-14+. The Balaban J connectivity index is 3.05. The van der Waals surface area contributed by atoms with Crippen molar-refractivity contribution in [3.8, 4) is 6.07 Å². The highest BCUT2D eigenvalue weighted by Gasteiger charge is 2.24. The van der Waals surface area contributed by atoms with Crippen molar-refractivity contribution in [2.75, 3.05) is 25.2 Å². The molecule has 0 saturated carbocycles. The Labute approximate surface area is 183 Å². The van der Waals surface area contributed by atoms with E-state index in [1.807, 2.05) is 6.92 Å². The Morgan fingerprint density at radius 1 is 1.19 bits per heavy atom. The number of hydrogen-bond acceptors (Lipinski definition) is 7. The Kier molecular flexibility index (Phi) is 9.74. The van der Waals surface area contributed by atoms with Crippen LogP contribution >= 0.6 is 0 Å². The molecule has 8 nitrogen and oxygen atoms in total. The molecule has 1 aromatic rings. The van der Waals surface area contributed by atoms with Crippen LogP contribution in [-0.4, -0.2) is 43.9 Å². The Bertz CT molecular complexity index is 846. The number of amides is 1. The summed E-state index contributed by atoms with van der Waals surface area (Å²) in [7, 11) is 1.20. The van der Waals surface area contributed by atoms with Crippen LogP contribution in [0.1, 0.15) is 46.6 Å². The van der Waals surface area contributed by atoms with E-state index in [1.165, 1.54) is 18.1 Å². The highest BCUT2D eigenvalue weighted by atomic mass is 16.6. The first kappa shape index (κ1) is 25.7. The lowest BCUT2D eigenvalue weighted by Crippen LogP contribution is -2.39. The first-order valence-corrected chi connectivity index (χ1v) is 9.99. The number of benzene rings is 1. The largest absolute Gasteiger partial charge is 0.465 e. The molecule has 0 saturated heterocycles. The summed E-state index contributed by atoms with van der Waals surface area (Å²) < 4.78 is 15.3. The van der Waals surface area contributed by atoms with E-state index in [0.717, 1.165) is 0 Å². The van der Waals surface area contributed by atoms with Crippen molar-refractivity contribution in [2.24, 2.45) is 5.92 Å². The quantitative estimate of drug-likeness (QED) is 0.264. The van der Waals surface area contributed by atoms with E-state index in [2.05, 4.69) is 4.74 Å². The van der Waals surface area contributed by atoms with Crippen molar-refractivity contribution in [1.29, 1.82) is 5.26 Å². The van der Waals surface area contributed by atoms with E-state index in [4.69, 9.17) is 14.7 Å². The zero-order valence-corrected chi connectivity index (χ0v) is 18.9. The fourth-order valence-electron chi connectivity index (χ4n) is 2.35. The molecular weight excluding hydrogens is 400 g/mol. The number of esters is 2. The van der Waals surface area contributed by atoms with Crippen LogP contribution in [0.3, 0.4) is 0 Å². The van der Waals surface area contributed by atoms with E-state index in [9.17, 15) is 14.4 Å². The minimum absolute atomic E-state index is 0.0188. The van der Waals surface area contributed by atoms with Crippen LogP contribution in [0.2, 0.25) is 0 Å². The van der Waals surface area contributed by atoms with Gasteiger partial charge in [0.2, 0.25) is 0 Å². The van der Waals surface area contributed by atoms with E-state index in [1.54, 1.807) is 58.0 Å². The van der Waals surface area contributed by atoms with Crippen LogP contribution in [0.4, 0.5) is 10.5 Å². The molecule has 1 atom stereocenters. The predicted octanol–water partition coefficient (Wildman–Crippen LogP) is 4.10. The predicted molar refractivity (Wildman–Crippen MR) is 116 cm³/mol. The SMILES string of the molecule is CCC(C)C(=O)OCCN(C(=O)OC(C)(C)C)c1ccc(/C=C(\C#N)C(=O)OC)cc1. The maximum atomic E-state index is 12.7. The Morgan fingerprint density at radius 3 is 2.29 bits per heavy atom. The highest BCUT2D eigenvalue weighted by molar-refractivity contribution is 5.98. The van der Waals surface area contributed by atoms with Gasteiger partial charge in [-0.1, -0.05) is 26.0 Å². The van der Waals surface area contributed by atoms with Gasteiger partial charge in [-0.05, 0) is 51.0 Å². The van der Waals surface area contributed by atoms with Crippen LogP contribution in [0, 0.1) is 17.2 Å². The van der Waals surface area contributed by atoms with E-state index in [-0.39, 0.29) is 30.6 Å². The Hall–Kier alpha value is -3.34. The summed E-state index contributed by atoms with van der Waals surface area (Å²) in [4.78, 5) is 37.6. The molecule has 1 amide bonds. The number of anilines is 1. The summed E-state index contributed by atoms with van der Waals surface area (Å²) in [6.07, 6.45) is 1.48. The lowest BCUT2D eigenvalue weighted by atomic mass is 10.1. The van der Waals surface area contributed by atoms with Gasteiger partial charge in [0, 0.05) is 5.69 Å². The van der Waals surface area contributed by atoms with Gasteiger partial charge in [0.15, 0.2) is 0 Å². The van der Waals surface area contributed by atoms with E-state index < -0.39 is 17.7 Å². The van der Waals surface area contributed by atoms with Crippen molar-refractivity contribution in [3.05, 3.63) is 35.4 Å². The summed E-state index contributed by atoms with van der Waals surface area (Å²) in [6.45, 7) is 9.09. The lowest BCUT2D eigenvalue weighted by Gasteiger charge is -2.27. The molecular formula is C23H30N2O6. The summed E-state index contributed by atoms with van der Waals surface area (Å²) in [6, 6.07) is 8.39. The van der Waals surface area contributed by atoms with Crippen molar-refractivity contribution >= 4 is 29.8 Å². The minimum atomic E-state index is -0.731. The van der Waals surface area contributed by atoms with Crippen LogP contribution < -0.4 is 4.90 Å². The third-order valence-electron chi connectivity index (χ3n) is 4.23. The normalized spacial score (nSPS) is 12.4. The van der Waals surface area contributed by atoms with Crippen molar-refractivity contribution in [1.82, 2.24) is 0 Å². The van der Waals surface area contributed by atoms with Crippen LogP contribution in [-0.2, 0) is 23.8 Å². The number of nitrogens with zero attached hydrogens (tertiary/aromatic N) is 2. The number of methoxy groups -OCH3 is 1. The summed E-state index contributed by atoms with van der Waals surface area (Å²) in [5.41, 5.74) is 0.255. The molecule has 168 valence electrons. The number of carbonyl (C=O) groups is 3. The van der Waals surface area contributed by atoms with Crippen LogP contribution in [0.15, 0.2) is 29.8 Å². The number of hydrogen-bond donors (Lipinski definition) is 0. The zero-order chi connectivity index (χ0) is 23.6. The van der Waals surface area contributed by atoms with Gasteiger partial charge in [0.1, 0.15) is 23.9 Å². The third-order valence-corrected chi connectivity index (χ3v) is 4.23. The van der Waals surface area contributed by atoms with Crippen LogP contribution in [0.5, 0.6) is 0 Å². The van der Waals surface area contributed by atoms with Gasteiger partial charge >= 0.3 is 18.0 Å². The average molecular weight is 431 g/mol. The minimum Gasteiger partial charge on any atom is -0.465 e. The molecule has 1 rings (SSSR count). The molecule has 0 aliphatic rings. The lowest BCUT2D eigenvalue weighted by molar-refractivity contribution is -0.147. The second kappa shape index (κ2) is 11.7.